The lowest BCUT2D eigenvalue weighted by Gasteiger charge is -2.19. The van der Waals surface area contributed by atoms with E-state index < -0.39 is 0 Å². The molecule has 0 heterocycles. The SMILES string of the molecule is Cc1ccc(C)c(N[C@@H]2CCC[C@H]2O)c1. The molecule has 1 aromatic carbocycles. The van der Waals surface area contributed by atoms with Crippen LogP contribution in [0.25, 0.3) is 0 Å². The molecule has 1 fully saturated rings. The van der Waals surface area contributed by atoms with E-state index in [1.165, 1.54) is 16.8 Å². The highest BCUT2D eigenvalue weighted by atomic mass is 16.3. The Morgan fingerprint density at radius 2 is 2.07 bits per heavy atom. The van der Waals surface area contributed by atoms with E-state index in [4.69, 9.17) is 0 Å². The smallest absolute Gasteiger partial charge is 0.0741 e. The monoisotopic (exact) mass is 205 g/mol. The van der Waals surface area contributed by atoms with Gasteiger partial charge in [-0.3, -0.25) is 0 Å². The molecule has 1 aliphatic carbocycles. The first-order valence-corrected chi connectivity index (χ1v) is 5.68. The van der Waals surface area contributed by atoms with E-state index in [9.17, 15) is 5.11 Å². The molecule has 0 unspecified atom stereocenters. The van der Waals surface area contributed by atoms with Crippen molar-refractivity contribution < 1.29 is 5.11 Å². The van der Waals surface area contributed by atoms with Crippen molar-refractivity contribution in [3.63, 3.8) is 0 Å². The second-order valence-corrected chi connectivity index (χ2v) is 4.57. The fourth-order valence-corrected chi connectivity index (χ4v) is 2.20. The molecule has 2 rings (SSSR count). The number of nitrogens with one attached hydrogen (secondary N) is 1. The second kappa shape index (κ2) is 4.23. The minimum absolute atomic E-state index is 0.176. The fraction of sp³-hybridized carbons (Fsp3) is 0.538. The molecule has 0 aromatic heterocycles. The van der Waals surface area contributed by atoms with Crippen molar-refractivity contribution in [3.8, 4) is 0 Å². The Bertz CT molecular complexity index is 348. The van der Waals surface area contributed by atoms with Crippen LogP contribution in [-0.4, -0.2) is 17.3 Å². The van der Waals surface area contributed by atoms with E-state index >= 15 is 0 Å². The van der Waals surface area contributed by atoms with Gasteiger partial charge in [0.15, 0.2) is 0 Å². The molecule has 1 aliphatic rings. The number of rotatable bonds is 2. The zero-order valence-corrected chi connectivity index (χ0v) is 9.46. The molecule has 0 amide bonds. The molecule has 15 heavy (non-hydrogen) atoms. The number of aliphatic hydroxyl groups is 1. The number of anilines is 1. The standard InChI is InChI=1S/C13H19NO/c1-9-6-7-10(2)12(8-9)14-11-4-3-5-13(11)15/h6-8,11,13-15H,3-5H2,1-2H3/t11-,13-/m1/s1. The number of hydrogen-bond acceptors (Lipinski definition) is 2. The Hall–Kier alpha value is -1.02. The zero-order valence-electron chi connectivity index (χ0n) is 9.46. The van der Waals surface area contributed by atoms with Gasteiger partial charge in [-0.25, -0.2) is 0 Å². The van der Waals surface area contributed by atoms with Crippen LogP contribution >= 0.6 is 0 Å². The van der Waals surface area contributed by atoms with E-state index in [-0.39, 0.29) is 12.1 Å². The highest BCUT2D eigenvalue weighted by Gasteiger charge is 2.25. The summed E-state index contributed by atoms with van der Waals surface area (Å²) in [6, 6.07) is 6.64. The van der Waals surface area contributed by atoms with Gasteiger partial charge < -0.3 is 10.4 Å². The number of aryl methyl sites for hydroxylation is 2. The summed E-state index contributed by atoms with van der Waals surface area (Å²) in [5.41, 5.74) is 3.68. The van der Waals surface area contributed by atoms with Crippen LogP contribution < -0.4 is 5.32 Å². The van der Waals surface area contributed by atoms with Crippen LogP contribution in [0, 0.1) is 13.8 Å². The van der Waals surface area contributed by atoms with Gasteiger partial charge in [0.1, 0.15) is 0 Å². The molecular weight excluding hydrogens is 186 g/mol. The lowest BCUT2D eigenvalue weighted by molar-refractivity contribution is 0.172. The number of benzene rings is 1. The van der Waals surface area contributed by atoms with Gasteiger partial charge in [-0.2, -0.15) is 0 Å². The normalized spacial score (nSPS) is 25.5. The summed E-state index contributed by atoms with van der Waals surface area (Å²) in [6.07, 6.45) is 2.96. The molecule has 2 atom stereocenters. The molecule has 82 valence electrons. The van der Waals surface area contributed by atoms with Gasteiger partial charge in [0.25, 0.3) is 0 Å². The molecule has 0 bridgehead atoms. The minimum Gasteiger partial charge on any atom is -0.391 e. The van der Waals surface area contributed by atoms with E-state index in [0.717, 1.165) is 19.3 Å². The van der Waals surface area contributed by atoms with E-state index in [2.05, 4.69) is 37.4 Å². The van der Waals surface area contributed by atoms with E-state index in [1.807, 2.05) is 0 Å². The molecule has 0 saturated heterocycles. The first-order valence-electron chi connectivity index (χ1n) is 5.68. The molecule has 2 N–H and O–H groups in total. The molecular formula is C13H19NO. The van der Waals surface area contributed by atoms with Crippen LogP contribution in [-0.2, 0) is 0 Å². The van der Waals surface area contributed by atoms with Gasteiger partial charge in [-0.05, 0) is 50.3 Å². The highest BCUT2D eigenvalue weighted by molar-refractivity contribution is 5.53. The Morgan fingerprint density at radius 3 is 2.73 bits per heavy atom. The topological polar surface area (TPSA) is 32.3 Å². The van der Waals surface area contributed by atoms with Crippen LogP contribution in [0.1, 0.15) is 30.4 Å². The van der Waals surface area contributed by atoms with Gasteiger partial charge in [0.05, 0.1) is 12.1 Å². The van der Waals surface area contributed by atoms with Crippen molar-refractivity contribution in [2.75, 3.05) is 5.32 Å². The van der Waals surface area contributed by atoms with Gasteiger partial charge in [-0.1, -0.05) is 12.1 Å². The predicted molar refractivity (Wildman–Crippen MR) is 63.2 cm³/mol. The first kappa shape index (κ1) is 10.5. The van der Waals surface area contributed by atoms with Gasteiger partial charge in [0.2, 0.25) is 0 Å². The second-order valence-electron chi connectivity index (χ2n) is 4.57. The maximum atomic E-state index is 9.75. The molecule has 1 aromatic rings. The van der Waals surface area contributed by atoms with Crippen molar-refractivity contribution in [2.45, 2.75) is 45.3 Å². The largest absolute Gasteiger partial charge is 0.391 e. The molecule has 1 saturated carbocycles. The summed E-state index contributed by atoms with van der Waals surface area (Å²) in [6.45, 7) is 4.19. The predicted octanol–water partition coefficient (Wildman–Crippen LogP) is 2.63. The molecule has 0 spiro atoms. The summed E-state index contributed by atoms with van der Waals surface area (Å²) in [4.78, 5) is 0. The Morgan fingerprint density at radius 1 is 1.27 bits per heavy atom. The Labute approximate surface area is 91.3 Å². The van der Waals surface area contributed by atoms with Gasteiger partial charge >= 0.3 is 0 Å². The third-order valence-electron chi connectivity index (χ3n) is 3.21. The van der Waals surface area contributed by atoms with Crippen LogP contribution in [0.4, 0.5) is 5.69 Å². The van der Waals surface area contributed by atoms with Crippen molar-refractivity contribution >= 4 is 5.69 Å². The zero-order chi connectivity index (χ0) is 10.8. The quantitative estimate of drug-likeness (QED) is 0.778. The van der Waals surface area contributed by atoms with E-state index in [1.54, 1.807) is 0 Å². The van der Waals surface area contributed by atoms with Crippen molar-refractivity contribution in [1.29, 1.82) is 0 Å². The summed E-state index contributed by atoms with van der Waals surface area (Å²) < 4.78 is 0. The van der Waals surface area contributed by atoms with E-state index in [0.29, 0.717) is 0 Å². The third-order valence-corrected chi connectivity index (χ3v) is 3.21. The van der Waals surface area contributed by atoms with Crippen molar-refractivity contribution in [1.82, 2.24) is 0 Å². The summed E-state index contributed by atoms with van der Waals surface area (Å²) in [7, 11) is 0. The highest BCUT2D eigenvalue weighted by Crippen LogP contribution is 2.25. The Balaban J connectivity index is 2.12. The lowest BCUT2D eigenvalue weighted by Crippen LogP contribution is -2.28. The van der Waals surface area contributed by atoms with Crippen LogP contribution in [0.15, 0.2) is 18.2 Å². The van der Waals surface area contributed by atoms with Crippen LogP contribution in [0.2, 0.25) is 0 Å². The molecule has 2 nitrogen and oxygen atoms in total. The van der Waals surface area contributed by atoms with Crippen LogP contribution in [0.5, 0.6) is 0 Å². The summed E-state index contributed by atoms with van der Waals surface area (Å²) in [5, 5.41) is 13.2. The molecule has 2 heteroatoms. The van der Waals surface area contributed by atoms with Crippen LogP contribution in [0.3, 0.4) is 0 Å². The average Bonchev–Trinajstić information content (AvgIpc) is 2.58. The molecule has 0 aliphatic heterocycles. The Kier molecular flexibility index (Phi) is 2.96. The fourth-order valence-electron chi connectivity index (χ4n) is 2.20. The van der Waals surface area contributed by atoms with Gasteiger partial charge in [-0.15, -0.1) is 0 Å². The third kappa shape index (κ3) is 2.32. The maximum absolute atomic E-state index is 9.75. The minimum atomic E-state index is -0.176. The van der Waals surface area contributed by atoms with Crippen molar-refractivity contribution in [2.24, 2.45) is 0 Å². The number of hydrogen-bond donors (Lipinski definition) is 2. The van der Waals surface area contributed by atoms with Gasteiger partial charge in [0, 0.05) is 5.69 Å². The molecule has 0 radical (unpaired) electrons. The summed E-state index contributed by atoms with van der Waals surface area (Å²) in [5.74, 6) is 0. The average molecular weight is 205 g/mol. The first-order chi connectivity index (χ1) is 7.16. The number of aliphatic hydroxyl groups excluding tert-OH is 1. The summed E-state index contributed by atoms with van der Waals surface area (Å²) >= 11 is 0. The maximum Gasteiger partial charge on any atom is 0.0741 e. The lowest BCUT2D eigenvalue weighted by atomic mass is 10.1. The van der Waals surface area contributed by atoms with Crippen molar-refractivity contribution in [3.05, 3.63) is 29.3 Å².